The minimum Gasteiger partial charge on any atom is -0.370 e. The van der Waals surface area contributed by atoms with Crippen LogP contribution in [0.15, 0.2) is 101 Å². The van der Waals surface area contributed by atoms with Gasteiger partial charge in [-0.25, -0.2) is 0 Å². The average Bonchev–Trinajstić information content (AvgIpc) is 2.93. The van der Waals surface area contributed by atoms with Gasteiger partial charge in [-0.2, -0.15) is 4.99 Å². The van der Waals surface area contributed by atoms with Crippen molar-refractivity contribution in [2.75, 3.05) is 18.5 Å². The number of alkyl halides is 1. The van der Waals surface area contributed by atoms with E-state index in [-0.39, 0.29) is 11.9 Å². The summed E-state index contributed by atoms with van der Waals surface area (Å²) in [4.78, 5) is 8.21. The summed E-state index contributed by atoms with van der Waals surface area (Å²) in [5, 5.41) is 4.39. The molecule has 3 aromatic carbocycles. The molecular formula is C29H38BrN5P+. The quantitative estimate of drug-likeness (QED) is 0.171. The van der Waals surface area contributed by atoms with Crippen LogP contribution < -0.4 is 33.1 Å². The Morgan fingerprint density at radius 1 is 0.694 bits per heavy atom. The van der Waals surface area contributed by atoms with Gasteiger partial charge in [0, 0.05) is 6.54 Å². The standard InChI is InChI=1S/C28H35N5P.CH3Br/c29-27(30)33-28(31)32-20-22-16-18-23(19-17-22)21-34(24-10-4-1-5-11-24,25-12-6-2-7-13-25)26-14-8-3-9-15-26;1-2/h1-15,22-23H,16-21H2,(H6,29,30,31,32,33);1H3/q+1;. The van der Waals surface area contributed by atoms with Crippen LogP contribution in [0.3, 0.4) is 0 Å². The average molecular weight is 568 g/mol. The molecule has 0 aliphatic heterocycles. The molecule has 0 unspecified atom stereocenters. The zero-order valence-corrected chi connectivity index (χ0v) is 23.5. The van der Waals surface area contributed by atoms with Crippen LogP contribution in [-0.4, -0.2) is 30.5 Å². The molecule has 0 aromatic heterocycles. The van der Waals surface area contributed by atoms with E-state index in [0.717, 1.165) is 12.8 Å². The molecule has 0 spiro atoms. The van der Waals surface area contributed by atoms with Gasteiger partial charge < -0.3 is 17.2 Å². The monoisotopic (exact) mass is 566 g/mol. The second-order valence-electron chi connectivity index (χ2n) is 9.12. The van der Waals surface area contributed by atoms with Crippen molar-refractivity contribution in [1.82, 2.24) is 0 Å². The summed E-state index contributed by atoms with van der Waals surface area (Å²) in [5.41, 5.74) is 16.6. The summed E-state index contributed by atoms with van der Waals surface area (Å²) < 4.78 is 0. The van der Waals surface area contributed by atoms with Crippen molar-refractivity contribution in [3.63, 3.8) is 0 Å². The van der Waals surface area contributed by atoms with Gasteiger partial charge in [0.25, 0.3) is 0 Å². The van der Waals surface area contributed by atoms with Crippen molar-refractivity contribution >= 4 is 51.0 Å². The lowest BCUT2D eigenvalue weighted by Crippen LogP contribution is -2.36. The van der Waals surface area contributed by atoms with Crippen molar-refractivity contribution in [2.45, 2.75) is 25.7 Å². The van der Waals surface area contributed by atoms with E-state index in [1.54, 1.807) is 0 Å². The lowest BCUT2D eigenvalue weighted by atomic mass is 9.83. The molecule has 0 heterocycles. The predicted molar refractivity (Wildman–Crippen MR) is 163 cm³/mol. The maximum absolute atomic E-state index is 5.80. The summed E-state index contributed by atoms with van der Waals surface area (Å²) in [6.45, 7) is 0.686. The predicted octanol–water partition coefficient (Wildman–Crippen LogP) is 4.39. The van der Waals surface area contributed by atoms with Crippen LogP contribution in [0, 0.1) is 11.8 Å². The topological polar surface area (TPSA) is 103 Å². The smallest absolute Gasteiger partial charge is 0.218 e. The Bertz CT molecular complexity index is 998. The summed E-state index contributed by atoms with van der Waals surface area (Å²) in [7, 11) is -1.78. The van der Waals surface area contributed by atoms with Crippen LogP contribution in [0.4, 0.5) is 0 Å². The first-order valence-corrected chi connectivity index (χ1v) is 16.0. The molecule has 0 atom stereocenters. The fraction of sp³-hybridized carbons (Fsp3) is 0.310. The van der Waals surface area contributed by atoms with Crippen molar-refractivity contribution in [3.8, 4) is 0 Å². The largest absolute Gasteiger partial charge is 0.370 e. The van der Waals surface area contributed by atoms with Crippen LogP contribution in [0.2, 0.25) is 0 Å². The second-order valence-corrected chi connectivity index (χ2v) is 12.7. The lowest BCUT2D eigenvalue weighted by Gasteiger charge is -2.34. The highest BCUT2D eigenvalue weighted by Gasteiger charge is 2.47. The Kier molecular flexibility index (Phi) is 11.0. The third kappa shape index (κ3) is 7.18. The zero-order valence-electron chi connectivity index (χ0n) is 21.0. The zero-order chi connectivity index (χ0) is 25.8. The third-order valence-electron chi connectivity index (χ3n) is 6.84. The summed E-state index contributed by atoms with van der Waals surface area (Å²) in [5.74, 6) is 3.14. The Labute approximate surface area is 224 Å². The SMILES string of the molecule is CBr.NC(N)=NC(N)=NCC1CCC(C[P+](c2ccccc2)(c2ccccc2)c2ccccc2)CC1. The molecule has 3 aromatic rings. The Morgan fingerprint density at radius 2 is 1.08 bits per heavy atom. The number of nitrogens with zero attached hydrogens (tertiary/aromatic N) is 2. The van der Waals surface area contributed by atoms with E-state index in [0.29, 0.717) is 18.4 Å². The van der Waals surface area contributed by atoms with Crippen LogP contribution >= 0.6 is 23.2 Å². The highest BCUT2D eigenvalue weighted by Crippen LogP contribution is 2.58. The fourth-order valence-electron chi connectivity index (χ4n) is 5.19. The van der Waals surface area contributed by atoms with Crippen molar-refractivity contribution < 1.29 is 0 Å². The van der Waals surface area contributed by atoms with Crippen molar-refractivity contribution in [3.05, 3.63) is 91.0 Å². The molecule has 1 fully saturated rings. The van der Waals surface area contributed by atoms with E-state index in [9.17, 15) is 0 Å². The first-order valence-electron chi connectivity index (χ1n) is 12.4. The van der Waals surface area contributed by atoms with E-state index in [1.807, 2.05) is 5.83 Å². The van der Waals surface area contributed by atoms with Gasteiger partial charge in [0.2, 0.25) is 5.96 Å². The van der Waals surface area contributed by atoms with Gasteiger partial charge in [-0.05, 0) is 79.8 Å². The summed E-state index contributed by atoms with van der Waals surface area (Å²) >= 11 is 2.94. The van der Waals surface area contributed by atoms with Gasteiger partial charge in [0.05, 0.1) is 6.16 Å². The van der Waals surface area contributed by atoms with E-state index in [2.05, 4.69) is 117 Å². The third-order valence-corrected chi connectivity index (χ3v) is 11.4. The molecule has 5 nitrogen and oxygen atoms in total. The molecule has 0 radical (unpaired) electrons. The van der Waals surface area contributed by atoms with Gasteiger partial charge >= 0.3 is 0 Å². The minimum absolute atomic E-state index is 0.0481. The number of benzene rings is 3. The molecule has 6 N–H and O–H groups in total. The van der Waals surface area contributed by atoms with E-state index in [1.165, 1.54) is 34.9 Å². The van der Waals surface area contributed by atoms with E-state index < -0.39 is 7.26 Å². The number of hydrogen-bond donors (Lipinski definition) is 3. The summed E-state index contributed by atoms with van der Waals surface area (Å²) in [6.07, 6.45) is 5.91. The lowest BCUT2D eigenvalue weighted by molar-refractivity contribution is 0.299. The normalized spacial score (nSPS) is 18.0. The van der Waals surface area contributed by atoms with Gasteiger partial charge in [0.1, 0.15) is 23.2 Å². The molecule has 190 valence electrons. The second kappa shape index (κ2) is 14.2. The molecule has 1 saturated carbocycles. The highest BCUT2D eigenvalue weighted by atomic mass is 79.9. The van der Waals surface area contributed by atoms with Crippen molar-refractivity contribution in [1.29, 1.82) is 0 Å². The molecule has 7 heteroatoms. The van der Waals surface area contributed by atoms with Crippen LogP contribution in [0.5, 0.6) is 0 Å². The van der Waals surface area contributed by atoms with Gasteiger partial charge in [-0.15, -0.1) is 0 Å². The molecule has 0 bridgehead atoms. The first kappa shape index (κ1) is 27.9. The number of hydrogen-bond acceptors (Lipinski definition) is 1. The molecular weight excluding hydrogens is 529 g/mol. The van der Waals surface area contributed by atoms with Crippen LogP contribution in [0.1, 0.15) is 25.7 Å². The molecule has 0 amide bonds. The van der Waals surface area contributed by atoms with Crippen LogP contribution in [-0.2, 0) is 0 Å². The van der Waals surface area contributed by atoms with Crippen molar-refractivity contribution in [2.24, 2.45) is 39.0 Å². The fourth-order valence-corrected chi connectivity index (χ4v) is 9.89. The maximum atomic E-state index is 5.80. The van der Waals surface area contributed by atoms with Gasteiger partial charge in [-0.1, -0.05) is 70.5 Å². The number of nitrogens with two attached hydrogens (primary N) is 3. The van der Waals surface area contributed by atoms with Crippen LogP contribution in [0.25, 0.3) is 0 Å². The molecule has 4 rings (SSSR count). The Morgan fingerprint density at radius 3 is 1.47 bits per heavy atom. The van der Waals surface area contributed by atoms with E-state index in [4.69, 9.17) is 17.2 Å². The van der Waals surface area contributed by atoms with E-state index >= 15 is 0 Å². The summed E-state index contributed by atoms with van der Waals surface area (Å²) in [6, 6.07) is 33.5. The Hall–Kier alpha value is -2.69. The minimum atomic E-state index is -1.78. The highest BCUT2D eigenvalue weighted by molar-refractivity contribution is 9.08. The molecule has 36 heavy (non-hydrogen) atoms. The number of halogens is 1. The Balaban J connectivity index is 0.00000176. The van der Waals surface area contributed by atoms with Gasteiger partial charge in [0.15, 0.2) is 5.96 Å². The maximum Gasteiger partial charge on any atom is 0.218 e. The molecule has 1 aliphatic rings. The number of aliphatic imine (C=N–C) groups is 2. The van der Waals surface area contributed by atoms with Gasteiger partial charge in [-0.3, -0.25) is 4.99 Å². The number of rotatable bonds is 7. The number of guanidine groups is 2. The molecule has 0 saturated heterocycles. The molecule has 1 aliphatic carbocycles. The first-order chi connectivity index (χ1) is 17.6.